The first-order chi connectivity index (χ1) is 12.9. The van der Waals surface area contributed by atoms with Crippen LogP contribution in [-0.2, 0) is 16.0 Å². The summed E-state index contributed by atoms with van der Waals surface area (Å²) in [5, 5.41) is 12.5. The number of carboxylic acids is 1. The normalized spacial score (nSPS) is 12.0. The van der Waals surface area contributed by atoms with E-state index in [2.05, 4.69) is 5.32 Å². The summed E-state index contributed by atoms with van der Waals surface area (Å²) >= 11 is 0. The Balaban J connectivity index is 2.13. The van der Waals surface area contributed by atoms with Crippen LogP contribution >= 0.6 is 0 Å². The lowest BCUT2D eigenvalue weighted by atomic mass is 10.0. The van der Waals surface area contributed by atoms with Crippen molar-refractivity contribution in [2.45, 2.75) is 52.0 Å². The standard InChI is InChI=1S/C20H25NO6/c1-4-5-6-16(19(23)24)21-18(22)10-9-15-12(2)14-8-7-13(26-3)11-17(14)27-20(15)25/h7-8,11,16H,4-6,9-10H2,1-3H3,(H,21,22)(H,23,24). The van der Waals surface area contributed by atoms with Gasteiger partial charge < -0.3 is 19.6 Å². The fourth-order valence-electron chi connectivity index (χ4n) is 2.96. The number of carbonyl (C=O) groups is 2. The zero-order chi connectivity index (χ0) is 20.0. The maximum atomic E-state index is 12.3. The van der Waals surface area contributed by atoms with Crippen LogP contribution in [0.5, 0.6) is 5.75 Å². The molecule has 1 aromatic carbocycles. The van der Waals surface area contributed by atoms with Crippen molar-refractivity contribution < 1.29 is 23.8 Å². The molecule has 2 aromatic rings. The molecular formula is C20H25NO6. The van der Waals surface area contributed by atoms with Crippen LogP contribution < -0.4 is 15.7 Å². The van der Waals surface area contributed by atoms with Crippen LogP contribution in [-0.4, -0.2) is 30.1 Å². The fourth-order valence-corrected chi connectivity index (χ4v) is 2.96. The number of rotatable bonds is 9. The van der Waals surface area contributed by atoms with E-state index in [1.807, 2.05) is 6.92 Å². The Morgan fingerprint density at radius 2 is 2.07 bits per heavy atom. The maximum absolute atomic E-state index is 12.3. The minimum absolute atomic E-state index is 0.0170. The third-order valence-electron chi connectivity index (χ3n) is 4.58. The van der Waals surface area contributed by atoms with Crippen molar-refractivity contribution in [1.82, 2.24) is 5.32 Å². The number of ether oxygens (including phenoxy) is 1. The Kier molecular flexibility index (Phi) is 6.98. The Hall–Kier alpha value is -2.83. The van der Waals surface area contributed by atoms with Crippen molar-refractivity contribution >= 4 is 22.8 Å². The summed E-state index contributed by atoms with van der Waals surface area (Å²) in [6.07, 6.45) is 2.15. The highest BCUT2D eigenvalue weighted by molar-refractivity contribution is 5.84. The van der Waals surface area contributed by atoms with Gasteiger partial charge >= 0.3 is 11.6 Å². The van der Waals surface area contributed by atoms with Gasteiger partial charge in [0, 0.05) is 23.4 Å². The highest BCUT2D eigenvalue weighted by atomic mass is 16.5. The van der Waals surface area contributed by atoms with Gasteiger partial charge in [0.2, 0.25) is 5.91 Å². The predicted octanol–water partition coefficient (Wildman–Crippen LogP) is 2.80. The van der Waals surface area contributed by atoms with E-state index in [4.69, 9.17) is 9.15 Å². The van der Waals surface area contributed by atoms with Gasteiger partial charge in [-0.05, 0) is 37.5 Å². The summed E-state index contributed by atoms with van der Waals surface area (Å²) in [5.74, 6) is -0.858. The first kappa shape index (κ1) is 20.5. The minimum Gasteiger partial charge on any atom is -0.497 e. The molecule has 1 heterocycles. The second-order valence-corrected chi connectivity index (χ2v) is 6.46. The smallest absolute Gasteiger partial charge is 0.339 e. The van der Waals surface area contributed by atoms with Crippen LogP contribution in [0.25, 0.3) is 11.0 Å². The molecule has 1 unspecified atom stereocenters. The highest BCUT2D eigenvalue weighted by Crippen LogP contribution is 2.24. The second-order valence-electron chi connectivity index (χ2n) is 6.46. The molecular weight excluding hydrogens is 350 g/mol. The number of carboxylic acid groups (broad SMARTS) is 1. The number of hydrogen-bond donors (Lipinski definition) is 2. The average Bonchev–Trinajstić information content (AvgIpc) is 2.64. The lowest BCUT2D eigenvalue weighted by Crippen LogP contribution is -2.40. The molecule has 1 atom stereocenters. The molecule has 0 fully saturated rings. The molecule has 0 radical (unpaired) electrons. The van der Waals surface area contributed by atoms with Gasteiger partial charge in [-0.25, -0.2) is 9.59 Å². The lowest BCUT2D eigenvalue weighted by molar-refractivity contribution is -0.142. The molecule has 2 rings (SSSR count). The van der Waals surface area contributed by atoms with Crippen LogP contribution in [0, 0.1) is 6.92 Å². The zero-order valence-electron chi connectivity index (χ0n) is 15.8. The number of nitrogens with one attached hydrogen (secondary N) is 1. The molecule has 0 spiro atoms. The van der Waals surface area contributed by atoms with E-state index in [0.29, 0.717) is 29.7 Å². The van der Waals surface area contributed by atoms with Crippen LogP contribution in [0.4, 0.5) is 0 Å². The third kappa shape index (κ3) is 5.09. The molecule has 0 aliphatic rings. The Bertz CT molecular complexity index is 886. The number of fused-ring (bicyclic) bond motifs is 1. The molecule has 0 saturated heterocycles. The van der Waals surface area contributed by atoms with Gasteiger partial charge in [-0.2, -0.15) is 0 Å². The Labute approximate surface area is 157 Å². The number of aryl methyl sites for hydroxylation is 1. The molecule has 2 N–H and O–H groups in total. The number of hydrogen-bond acceptors (Lipinski definition) is 5. The van der Waals surface area contributed by atoms with Crippen LogP contribution in [0.3, 0.4) is 0 Å². The molecule has 0 aliphatic carbocycles. The summed E-state index contributed by atoms with van der Waals surface area (Å²) in [7, 11) is 1.53. The van der Waals surface area contributed by atoms with Gasteiger partial charge in [0.1, 0.15) is 17.4 Å². The molecule has 0 bridgehead atoms. The van der Waals surface area contributed by atoms with Gasteiger partial charge in [-0.15, -0.1) is 0 Å². The molecule has 27 heavy (non-hydrogen) atoms. The van der Waals surface area contributed by atoms with E-state index < -0.39 is 23.5 Å². The quantitative estimate of drug-likeness (QED) is 0.653. The maximum Gasteiger partial charge on any atom is 0.339 e. The van der Waals surface area contributed by atoms with E-state index in [1.165, 1.54) is 7.11 Å². The van der Waals surface area contributed by atoms with Crippen molar-refractivity contribution in [1.29, 1.82) is 0 Å². The molecule has 7 nitrogen and oxygen atoms in total. The summed E-state index contributed by atoms with van der Waals surface area (Å²) in [6, 6.07) is 4.32. The molecule has 1 aromatic heterocycles. The first-order valence-electron chi connectivity index (χ1n) is 8.99. The lowest BCUT2D eigenvalue weighted by Gasteiger charge is -2.14. The van der Waals surface area contributed by atoms with E-state index in [-0.39, 0.29) is 12.8 Å². The topological polar surface area (TPSA) is 106 Å². The largest absolute Gasteiger partial charge is 0.497 e. The van der Waals surface area contributed by atoms with Gasteiger partial charge in [-0.1, -0.05) is 19.8 Å². The van der Waals surface area contributed by atoms with Crippen LogP contribution in [0.2, 0.25) is 0 Å². The van der Waals surface area contributed by atoms with Crippen LogP contribution in [0.15, 0.2) is 27.4 Å². The summed E-state index contributed by atoms with van der Waals surface area (Å²) in [6.45, 7) is 3.76. The van der Waals surface area contributed by atoms with E-state index in [9.17, 15) is 19.5 Å². The molecule has 0 saturated carbocycles. The zero-order valence-corrected chi connectivity index (χ0v) is 15.8. The number of amides is 1. The Morgan fingerprint density at radius 3 is 2.70 bits per heavy atom. The van der Waals surface area contributed by atoms with Crippen molar-refractivity contribution in [3.8, 4) is 5.75 Å². The van der Waals surface area contributed by atoms with Gasteiger partial charge in [-0.3, -0.25) is 4.79 Å². The van der Waals surface area contributed by atoms with Gasteiger partial charge in [0.15, 0.2) is 0 Å². The van der Waals surface area contributed by atoms with E-state index >= 15 is 0 Å². The fraction of sp³-hybridized carbons (Fsp3) is 0.450. The van der Waals surface area contributed by atoms with Crippen molar-refractivity contribution in [2.75, 3.05) is 7.11 Å². The number of carbonyl (C=O) groups excluding carboxylic acids is 1. The third-order valence-corrected chi connectivity index (χ3v) is 4.58. The number of aliphatic carboxylic acids is 1. The molecule has 146 valence electrons. The highest BCUT2D eigenvalue weighted by Gasteiger charge is 2.20. The Morgan fingerprint density at radius 1 is 1.33 bits per heavy atom. The second kappa shape index (κ2) is 9.21. The van der Waals surface area contributed by atoms with Gasteiger partial charge in [0.25, 0.3) is 0 Å². The van der Waals surface area contributed by atoms with Crippen molar-refractivity contribution in [3.05, 3.63) is 39.7 Å². The molecule has 1 amide bonds. The predicted molar refractivity (Wildman–Crippen MR) is 101 cm³/mol. The number of unbranched alkanes of at least 4 members (excludes halogenated alkanes) is 1. The molecule has 0 aliphatic heterocycles. The monoisotopic (exact) mass is 375 g/mol. The van der Waals surface area contributed by atoms with Crippen molar-refractivity contribution in [3.63, 3.8) is 0 Å². The van der Waals surface area contributed by atoms with Gasteiger partial charge in [0.05, 0.1) is 7.11 Å². The number of methoxy groups -OCH3 is 1. The minimum atomic E-state index is -1.05. The average molecular weight is 375 g/mol. The van der Waals surface area contributed by atoms with Crippen LogP contribution in [0.1, 0.15) is 43.7 Å². The number of benzene rings is 1. The SMILES string of the molecule is CCCCC(NC(=O)CCc1c(C)c2ccc(OC)cc2oc1=O)C(=O)O. The summed E-state index contributed by atoms with van der Waals surface area (Å²) in [4.78, 5) is 35.7. The van der Waals surface area contributed by atoms with Crippen molar-refractivity contribution in [2.24, 2.45) is 0 Å². The van der Waals surface area contributed by atoms with E-state index in [0.717, 1.165) is 17.4 Å². The molecule has 7 heteroatoms. The summed E-state index contributed by atoms with van der Waals surface area (Å²) < 4.78 is 10.5. The first-order valence-corrected chi connectivity index (χ1v) is 8.99. The summed E-state index contributed by atoms with van der Waals surface area (Å²) in [5.41, 5.74) is 1.10. The van der Waals surface area contributed by atoms with E-state index in [1.54, 1.807) is 25.1 Å².